The van der Waals surface area contributed by atoms with Crippen LogP contribution in [-0.4, -0.2) is 25.8 Å². The number of nitrogens with zero attached hydrogens (tertiary/aromatic N) is 3. The van der Waals surface area contributed by atoms with Crippen LogP contribution in [0.4, 0.5) is 0 Å². The smallest absolute Gasteiger partial charge is 0.303 e. The van der Waals surface area contributed by atoms with Gasteiger partial charge in [0, 0.05) is 12.6 Å². The number of carboxylic acids is 1. The van der Waals surface area contributed by atoms with Gasteiger partial charge in [0.05, 0.1) is 6.20 Å². The van der Waals surface area contributed by atoms with E-state index in [1.165, 1.54) is 12.7 Å². The lowest BCUT2D eigenvalue weighted by Crippen LogP contribution is -1.97. The third kappa shape index (κ3) is 2.22. The van der Waals surface area contributed by atoms with Crippen molar-refractivity contribution in [3.05, 3.63) is 30.6 Å². The van der Waals surface area contributed by atoms with Crippen molar-refractivity contribution in [2.24, 2.45) is 0 Å². The highest BCUT2D eigenvalue weighted by molar-refractivity contribution is 5.67. The molecule has 0 aliphatic carbocycles. The minimum atomic E-state index is -0.816. The molecule has 1 N–H and O–H groups in total. The van der Waals surface area contributed by atoms with Gasteiger partial charge in [0.15, 0.2) is 12.2 Å². The summed E-state index contributed by atoms with van der Waals surface area (Å²) in [5.74, 6) is -0.235. The van der Waals surface area contributed by atoms with Crippen LogP contribution in [0.25, 0.3) is 5.82 Å². The number of hydrogen-bond donors (Lipinski definition) is 1. The zero-order valence-corrected chi connectivity index (χ0v) is 7.83. The molecule has 0 fully saturated rings. The van der Waals surface area contributed by atoms with E-state index in [0.29, 0.717) is 12.2 Å². The fourth-order valence-electron chi connectivity index (χ4n) is 1.19. The fourth-order valence-corrected chi connectivity index (χ4v) is 1.19. The molecule has 2 heterocycles. The van der Waals surface area contributed by atoms with Crippen LogP contribution < -0.4 is 0 Å². The lowest BCUT2D eigenvalue weighted by Gasteiger charge is -1.92. The largest absolute Gasteiger partial charge is 0.481 e. The lowest BCUT2D eigenvalue weighted by molar-refractivity contribution is -0.136. The molecule has 0 unspecified atom stereocenters. The molecule has 0 spiro atoms. The number of oxazole rings is 1. The summed E-state index contributed by atoms with van der Waals surface area (Å²) >= 11 is 0. The molecule has 2 aromatic heterocycles. The minimum absolute atomic E-state index is 0.102. The standard InChI is InChI=1S/C9H9N3O3/c13-9(14)2-1-7-3-11-12(4-7)8-5-15-6-10-8/h3-6H,1-2H2,(H,13,14). The molecule has 0 amide bonds. The summed E-state index contributed by atoms with van der Waals surface area (Å²) < 4.78 is 6.35. The van der Waals surface area contributed by atoms with Crippen LogP contribution in [0, 0.1) is 0 Å². The number of carbonyl (C=O) groups is 1. The maximum Gasteiger partial charge on any atom is 0.303 e. The number of rotatable bonds is 4. The van der Waals surface area contributed by atoms with Crippen LogP contribution in [0.5, 0.6) is 0 Å². The first-order valence-electron chi connectivity index (χ1n) is 4.39. The highest BCUT2D eigenvalue weighted by Gasteiger charge is 2.04. The van der Waals surface area contributed by atoms with Crippen LogP contribution >= 0.6 is 0 Å². The van der Waals surface area contributed by atoms with E-state index in [4.69, 9.17) is 9.52 Å². The molecule has 15 heavy (non-hydrogen) atoms. The Balaban J connectivity index is 2.08. The average Bonchev–Trinajstić information content (AvgIpc) is 2.85. The summed E-state index contributed by atoms with van der Waals surface area (Å²) in [6, 6.07) is 0. The molecular formula is C9H9N3O3. The van der Waals surface area contributed by atoms with Gasteiger partial charge in [0.25, 0.3) is 0 Å². The first-order chi connectivity index (χ1) is 7.25. The second-order valence-electron chi connectivity index (χ2n) is 3.03. The molecule has 6 nitrogen and oxygen atoms in total. The van der Waals surface area contributed by atoms with Crippen LogP contribution in [0.1, 0.15) is 12.0 Å². The van der Waals surface area contributed by atoms with Gasteiger partial charge in [0.2, 0.25) is 0 Å². The lowest BCUT2D eigenvalue weighted by atomic mass is 10.2. The van der Waals surface area contributed by atoms with E-state index >= 15 is 0 Å². The van der Waals surface area contributed by atoms with E-state index in [1.54, 1.807) is 17.1 Å². The van der Waals surface area contributed by atoms with Crippen molar-refractivity contribution >= 4 is 5.97 Å². The monoisotopic (exact) mass is 207 g/mol. The number of carboxylic acid groups (broad SMARTS) is 1. The number of hydrogen-bond acceptors (Lipinski definition) is 4. The predicted molar refractivity (Wildman–Crippen MR) is 49.6 cm³/mol. The van der Waals surface area contributed by atoms with E-state index in [-0.39, 0.29) is 6.42 Å². The van der Waals surface area contributed by atoms with Crippen molar-refractivity contribution in [2.75, 3.05) is 0 Å². The van der Waals surface area contributed by atoms with Gasteiger partial charge in [-0.05, 0) is 12.0 Å². The fraction of sp³-hybridized carbons (Fsp3) is 0.222. The van der Waals surface area contributed by atoms with Crippen molar-refractivity contribution in [1.29, 1.82) is 0 Å². The van der Waals surface area contributed by atoms with Crippen LogP contribution in [0.3, 0.4) is 0 Å². The molecule has 0 aromatic carbocycles. The molecule has 0 saturated heterocycles. The van der Waals surface area contributed by atoms with Gasteiger partial charge in [-0.3, -0.25) is 4.79 Å². The van der Waals surface area contributed by atoms with Crippen LogP contribution in [0.15, 0.2) is 29.5 Å². The van der Waals surface area contributed by atoms with Gasteiger partial charge in [0.1, 0.15) is 6.26 Å². The van der Waals surface area contributed by atoms with Gasteiger partial charge in [-0.2, -0.15) is 10.1 Å². The summed E-state index contributed by atoms with van der Waals surface area (Å²) in [4.78, 5) is 14.3. The molecule has 0 aliphatic rings. The Hall–Kier alpha value is -2.11. The summed E-state index contributed by atoms with van der Waals surface area (Å²) in [6.45, 7) is 0. The maximum absolute atomic E-state index is 10.4. The average molecular weight is 207 g/mol. The highest BCUT2D eigenvalue weighted by Crippen LogP contribution is 2.07. The van der Waals surface area contributed by atoms with Gasteiger partial charge in [-0.15, -0.1) is 0 Å². The number of aliphatic carboxylic acids is 1. The topological polar surface area (TPSA) is 81.1 Å². The molecule has 0 bridgehead atoms. The zero-order chi connectivity index (χ0) is 10.7. The molecule has 2 rings (SSSR count). The van der Waals surface area contributed by atoms with Crippen molar-refractivity contribution in [2.45, 2.75) is 12.8 Å². The van der Waals surface area contributed by atoms with Gasteiger partial charge < -0.3 is 9.52 Å². The van der Waals surface area contributed by atoms with Crippen LogP contribution in [-0.2, 0) is 11.2 Å². The Labute approximate surface area is 85.2 Å². The molecule has 6 heteroatoms. The first-order valence-corrected chi connectivity index (χ1v) is 4.39. The first kappa shape index (κ1) is 9.45. The predicted octanol–water partition coefficient (Wildman–Crippen LogP) is 0.877. The van der Waals surface area contributed by atoms with Gasteiger partial charge in [-0.25, -0.2) is 4.68 Å². The summed E-state index contributed by atoms with van der Waals surface area (Å²) in [5, 5.41) is 12.5. The summed E-state index contributed by atoms with van der Waals surface area (Å²) in [6.07, 6.45) is 6.71. The minimum Gasteiger partial charge on any atom is -0.481 e. The van der Waals surface area contributed by atoms with E-state index in [9.17, 15) is 4.79 Å². The van der Waals surface area contributed by atoms with Crippen molar-refractivity contribution in [1.82, 2.24) is 14.8 Å². The van der Waals surface area contributed by atoms with Gasteiger partial charge >= 0.3 is 5.97 Å². The Kier molecular flexibility index (Phi) is 2.49. The number of aromatic nitrogens is 3. The summed E-state index contributed by atoms with van der Waals surface area (Å²) in [7, 11) is 0. The second kappa shape index (κ2) is 3.95. The van der Waals surface area contributed by atoms with E-state index < -0.39 is 5.97 Å². The van der Waals surface area contributed by atoms with Crippen molar-refractivity contribution in [3.63, 3.8) is 0 Å². The third-order valence-electron chi connectivity index (χ3n) is 1.92. The molecule has 0 radical (unpaired) electrons. The van der Waals surface area contributed by atoms with E-state index in [2.05, 4.69) is 10.1 Å². The highest BCUT2D eigenvalue weighted by atomic mass is 16.4. The zero-order valence-electron chi connectivity index (χ0n) is 7.83. The van der Waals surface area contributed by atoms with Crippen molar-refractivity contribution < 1.29 is 14.3 Å². The maximum atomic E-state index is 10.4. The Morgan fingerprint density at radius 3 is 3.13 bits per heavy atom. The molecule has 0 aliphatic heterocycles. The molecular weight excluding hydrogens is 198 g/mol. The molecule has 0 atom stereocenters. The third-order valence-corrected chi connectivity index (χ3v) is 1.92. The SMILES string of the molecule is O=C(O)CCc1cnn(-c2cocn2)c1. The molecule has 2 aromatic rings. The van der Waals surface area contributed by atoms with Crippen LogP contribution in [0.2, 0.25) is 0 Å². The molecule has 0 saturated carbocycles. The number of aryl methyl sites for hydroxylation is 1. The molecule has 78 valence electrons. The second-order valence-corrected chi connectivity index (χ2v) is 3.03. The normalized spacial score (nSPS) is 10.4. The quantitative estimate of drug-likeness (QED) is 0.804. The van der Waals surface area contributed by atoms with Crippen molar-refractivity contribution in [3.8, 4) is 5.82 Å². The van der Waals surface area contributed by atoms with E-state index in [0.717, 1.165) is 5.56 Å². The Morgan fingerprint density at radius 2 is 2.47 bits per heavy atom. The Bertz CT molecular complexity index is 447. The Morgan fingerprint density at radius 1 is 1.60 bits per heavy atom. The van der Waals surface area contributed by atoms with Gasteiger partial charge in [-0.1, -0.05) is 0 Å². The van der Waals surface area contributed by atoms with E-state index in [1.807, 2.05) is 0 Å². The summed E-state index contributed by atoms with van der Waals surface area (Å²) in [5.41, 5.74) is 0.861.